The molecule has 2 aromatic rings. The summed E-state index contributed by atoms with van der Waals surface area (Å²) in [5.74, 6) is 0.794. The lowest BCUT2D eigenvalue weighted by molar-refractivity contribution is 0.103. The summed E-state index contributed by atoms with van der Waals surface area (Å²) in [5.41, 5.74) is 2.07. The fourth-order valence-corrected chi connectivity index (χ4v) is 2.88. The molecule has 0 aromatic carbocycles. The number of nitrogens with zero attached hydrogens (tertiary/aromatic N) is 1. The van der Waals surface area contributed by atoms with Crippen LogP contribution >= 0.6 is 27.3 Å². The molecule has 0 aliphatic heterocycles. The number of carbonyl (C=O) groups is 1. The molecule has 96 valence electrons. The number of hydrogen-bond donors (Lipinski definition) is 2. The van der Waals surface area contributed by atoms with Crippen LogP contribution in [-0.2, 0) is 0 Å². The number of aryl methyl sites for hydroxylation is 1. The van der Waals surface area contributed by atoms with Crippen LogP contribution in [0.25, 0.3) is 0 Å². The number of rotatable bonds is 3. The van der Waals surface area contributed by atoms with E-state index in [0.717, 1.165) is 15.0 Å². The number of thiophene rings is 1. The summed E-state index contributed by atoms with van der Waals surface area (Å²) >= 11 is 4.83. The first-order valence-electron chi connectivity index (χ1n) is 5.60. The first-order chi connectivity index (χ1) is 8.47. The van der Waals surface area contributed by atoms with Gasteiger partial charge in [0.25, 0.3) is 5.91 Å². The van der Waals surface area contributed by atoms with E-state index < -0.39 is 0 Å². The molecule has 0 radical (unpaired) electrons. The predicted molar refractivity (Wildman–Crippen MR) is 77.4 cm³/mol. The Labute approximate surface area is 118 Å². The molecule has 0 fully saturated rings. The summed E-state index contributed by atoms with van der Waals surface area (Å²) in [6, 6.07) is 3.72. The lowest BCUT2D eigenvalue weighted by Gasteiger charge is -1.98. The summed E-state index contributed by atoms with van der Waals surface area (Å²) in [6.45, 7) is 6.10. The lowest BCUT2D eigenvalue weighted by Crippen LogP contribution is -2.10. The summed E-state index contributed by atoms with van der Waals surface area (Å²) in [4.78, 5) is 12.7. The molecule has 0 saturated heterocycles. The van der Waals surface area contributed by atoms with Crippen LogP contribution in [0.3, 0.4) is 0 Å². The second kappa shape index (κ2) is 5.24. The van der Waals surface area contributed by atoms with Crippen molar-refractivity contribution in [1.29, 1.82) is 0 Å². The summed E-state index contributed by atoms with van der Waals surface area (Å²) in [5, 5.41) is 9.76. The Morgan fingerprint density at radius 1 is 1.50 bits per heavy atom. The van der Waals surface area contributed by atoms with E-state index in [9.17, 15) is 4.79 Å². The van der Waals surface area contributed by atoms with Crippen molar-refractivity contribution in [1.82, 2.24) is 10.2 Å². The van der Waals surface area contributed by atoms with Crippen molar-refractivity contribution in [2.75, 3.05) is 5.32 Å². The maximum atomic E-state index is 12.0. The van der Waals surface area contributed by atoms with Gasteiger partial charge in [-0.15, -0.1) is 11.3 Å². The van der Waals surface area contributed by atoms with Crippen LogP contribution in [0.1, 0.15) is 40.7 Å². The van der Waals surface area contributed by atoms with Crippen LogP contribution in [0.15, 0.2) is 15.9 Å². The normalized spacial score (nSPS) is 10.9. The maximum absolute atomic E-state index is 12.0. The molecule has 2 rings (SSSR count). The van der Waals surface area contributed by atoms with Gasteiger partial charge in [-0.2, -0.15) is 5.10 Å². The molecule has 0 spiro atoms. The zero-order valence-corrected chi connectivity index (χ0v) is 12.8. The Morgan fingerprint density at radius 2 is 2.22 bits per heavy atom. The van der Waals surface area contributed by atoms with Crippen LogP contribution in [0.2, 0.25) is 0 Å². The fourth-order valence-electron chi connectivity index (χ4n) is 1.45. The van der Waals surface area contributed by atoms with Crippen molar-refractivity contribution in [3.05, 3.63) is 32.1 Å². The van der Waals surface area contributed by atoms with Crippen molar-refractivity contribution in [2.45, 2.75) is 26.7 Å². The van der Waals surface area contributed by atoms with E-state index in [1.807, 2.05) is 19.1 Å². The predicted octanol–water partition coefficient (Wildman–Crippen LogP) is 3.92. The number of aromatic nitrogens is 2. The highest BCUT2D eigenvalue weighted by Crippen LogP contribution is 2.27. The monoisotopic (exact) mass is 327 g/mol. The average Bonchev–Trinajstić information content (AvgIpc) is 2.87. The van der Waals surface area contributed by atoms with Gasteiger partial charge in [-0.05, 0) is 40.4 Å². The van der Waals surface area contributed by atoms with Gasteiger partial charge in [0.15, 0.2) is 5.82 Å². The molecule has 0 unspecified atom stereocenters. The molecule has 0 atom stereocenters. The third-order valence-corrected chi connectivity index (χ3v) is 4.68. The first-order valence-corrected chi connectivity index (χ1v) is 7.21. The van der Waals surface area contributed by atoms with Gasteiger partial charge >= 0.3 is 0 Å². The average molecular weight is 328 g/mol. The fraction of sp³-hybridized carbons (Fsp3) is 0.333. The molecule has 2 heterocycles. The molecular weight excluding hydrogens is 314 g/mol. The van der Waals surface area contributed by atoms with E-state index in [4.69, 9.17) is 0 Å². The van der Waals surface area contributed by atoms with Gasteiger partial charge in [0.2, 0.25) is 0 Å². The van der Waals surface area contributed by atoms with Crippen molar-refractivity contribution >= 4 is 39.0 Å². The van der Waals surface area contributed by atoms with E-state index >= 15 is 0 Å². The standard InChI is InChI=1S/C12H14BrN3OS/c1-6(2)8-5-10(16-15-8)14-12(17)9-4-7(3)11(13)18-9/h4-6H,1-3H3,(H2,14,15,16,17). The zero-order chi connectivity index (χ0) is 13.3. The van der Waals surface area contributed by atoms with Crippen LogP contribution in [0, 0.1) is 6.92 Å². The Balaban J connectivity index is 2.11. The van der Waals surface area contributed by atoms with E-state index in [2.05, 4.69) is 45.3 Å². The molecule has 1 amide bonds. The Kier molecular flexibility index (Phi) is 3.87. The number of amides is 1. The number of H-pyrrole nitrogens is 1. The first kappa shape index (κ1) is 13.3. The largest absolute Gasteiger partial charge is 0.304 e. The molecule has 2 N–H and O–H groups in total. The minimum absolute atomic E-state index is 0.129. The van der Waals surface area contributed by atoms with E-state index in [1.165, 1.54) is 11.3 Å². The zero-order valence-electron chi connectivity index (χ0n) is 10.4. The molecule has 4 nitrogen and oxygen atoms in total. The van der Waals surface area contributed by atoms with Crippen LogP contribution in [0.4, 0.5) is 5.82 Å². The van der Waals surface area contributed by atoms with E-state index in [-0.39, 0.29) is 5.91 Å². The van der Waals surface area contributed by atoms with E-state index in [0.29, 0.717) is 16.6 Å². The Morgan fingerprint density at radius 3 is 2.72 bits per heavy atom. The molecule has 6 heteroatoms. The van der Waals surface area contributed by atoms with Gasteiger partial charge in [0.1, 0.15) is 0 Å². The SMILES string of the molecule is Cc1cc(C(=O)Nc2cc(C(C)C)[nH]n2)sc1Br. The summed E-state index contributed by atoms with van der Waals surface area (Å²) in [6.07, 6.45) is 0. The summed E-state index contributed by atoms with van der Waals surface area (Å²) in [7, 11) is 0. The molecule has 0 aliphatic rings. The van der Waals surface area contributed by atoms with Gasteiger partial charge in [-0.25, -0.2) is 0 Å². The molecule has 0 saturated carbocycles. The number of hydrogen-bond acceptors (Lipinski definition) is 3. The van der Waals surface area contributed by atoms with Crippen LogP contribution < -0.4 is 5.32 Å². The minimum atomic E-state index is -0.129. The molecule has 2 aromatic heterocycles. The topological polar surface area (TPSA) is 57.8 Å². The lowest BCUT2D eigenvalue weighted by atomic mass is 10.1. The number of anilines is 1. The highest BCUT2D eigenvalue weighted by atomic mass is 79.9. The van der Waals surface area contributed by atoms with Gasteiger partial charge in [0, 0.05) is 11.8 Å². The van der Waals surface area contributed by atoms with Crippen molar-refractivity contribution < 1.29 is 4.79 Å². The third-order valence-electron chi connectivity index (χ3n) is 2.54. The Hall–Kier alpha value is -1.14. The van der Waals surface area contributed by atoms with Gasteiger partial charge in [-0.1, -0.05) is 13.8 Å². The van der Waals surface area contributed by atoms with Crippen LogP contribution in [-0.4, -0.2) is 16.1 Å². The number of nitrogens with one attached hydrogen (secondary N) is 2. The minimum Gasteiger partial charge on any atom is -0.304 e. The number of halogens is 1. The highest BCUT2D eigenvalue weighted by Gasteiger charge is 2.13. The second-order valence-corrected chi connectivity index (χ2v) is 6.75. The van der Waals surface area contributed by atoms with Gasteiger partial charge in [0.05, 0.1) is 8.66 Å². The van der Waals surface area contributed by atoms with Gasteiger partial charge < -0.3 is 5.32 Å². The number of carbonyl (C=O) groups excluding carboxylic acids is 1. The molecule has 0 aliphatic carbocycles. The smallest absolute Gasteiger partial charge is 0.266 e. The molecule has 0 bridgehead atoms. The molecular formula is C12H14BrN3OS. The Bertz CT molecular complexity index is 554. The summed E-state index contributed by atoms with van der Waals surface area (Å²) < 4.78 is 0.984. The van der Waals surface area contributed by atoms with Crippen LogP contribution in [0.5, 0.6) is 0 Å². The second-order valence-electron chi connectivity index (χ2n) is 4.38. The highest BCUT2D eigenvalue weighted by molar-refractivity contribution is 9.11. The molecule has 18 heavy (non-hydrogen) atoms. The number of aromatic amines is 1. The van der Waals surface area contributed by atoms with Crippen molar-refractivity contribution in [2.24, 2.45) is 0 Å². The third kappa shape index (κ3) is 2.81. The van der Waals surface area contributed by atoms with Gasteiger partial charge in [-0.3, -0.25) is 9.89 Å². The van der Waals surface area contributed by atoms with Crippen molar-refractivity contribution in [3.63, 3.8) is 0 Å². The quantitative estimate of drug-likeness (QED) is 0.897. The van der Waals surface area contributed by atoms with E-state index in [1.54, 1.807) is 0 Å². The van der Waals surface area contributed by atoms with Crippen molar-refractivity contribution in [3.8, 4) is 0 Å². The maximum Gasteiger partial charge on any atom is 0.266 e.